The van der Waals surface area contributed by atoms with Gasteiger partial charge >= 0.3 is 0 Å². The highest BCUT2D eigenvalue weighted by atomic mass is 32.2. The molecule has 0 bridgehead atoms. The average molecular weight is 262 g/mol. The van der Waals surface area contributed by atoms with Crippen LogP contribution in [0.4, 0.5) is 0 Å². The van der Waals surface area contributed by atoms with Crippen LogP contribution >= 0.6 is 0 Å². The van der Waals surface area contributed by atoms with Crippen LogP contribution in [0.15, 0.2) is 0 Å². The Balaban J connectivity index is 1.80. The highest BCUT2D eigenvalue weighted by Gasteiger charge is 2.33. The fourth-order valence-electron chi connectivity index (χ4n) is 2.94. The van der Waals surface area contributed by atoms with Gasteiger partial charge in [0.05, 0.1) is 17.6 Å². The highest BCUT2D eigenvalue weighted by Crippen LogP contribution is 2.30. The van der Waals surface area contributed by atoms with Crippen LogP contribution in [0.1, 0.15) is 32.1 Å². The summed E-state index contributed by atoms with van der Waals surface area (Å²) in [5, 5.41) is 9.39. The maximum absolute atomic E-state index is 11.4. The molecule has 2 fully saturated rings. The quantitative estimate of drug-likeness (QED) is 0.802. The monoisotopic (exact) mass is 262 g/mol. The standard InChI is InChI=1S/C12H22O4S/c13-8-10(3-4-12-2-1-6-16-12)11-5-7-17(14,15)9-11/h10-13H,1-9H2. The van der Waals surface area contributed by atoms with Crippen LogP contribution in [-0.4, -0.2) is 44.3 Å². The van der Waals surface area contributed by atoms with Gasteiger partial charge in [-0.25, -0.2) is 8.42 Å². The van der Waals surface area contributed by atoms with Crippen molar-refractivity contribution >= 4 is 9.84 Å². The predicted molar refractivity (Wildman–Crippen MR) is 65.5 cm³/mol. The normalized spacial score (nSPS) is 33.9. The van der Waals surface area contributed by atoms with E-state index in [1.165, 1.54) is 0 Å². The van der Waals surface area contributed by atoms with E-state index in [2.05, 4.69) is 0 Å². The molecule has 0 radical (unpaired) electrons. The number of aliphatic hydroxyl groups excluding tert-OH is 1. The summed E-state index contributed by atoms with van der Waals surface area (Å²) < 4.78 is 28.4. The predicted octanol–water partition coefficient (Wildman–Crippen LogP) is 0.989. The first kappa shape index (κ1) is 13.3. The second kappa shape index (κ2) is 5.67. The van der Waals surface area contributed by atoms with Gasteiger partial charge in [-0.2, -0.15) is 0 Å². The van der Waals surface area contributed by atoms with Crippen molar-refractivity contribution in [2.75, 3.05) is 24.7 Å². The number of sulfone groups is 1. The van der Waals surface area contributed by atoms with Gasteiger partial charge in [0.25, 0.3) is 0 Å². The molecule has 2 rings (SSSR count). The maximum Gasteiger partial charge on any atom is 0.150 e. The van der Waals surface area contributed by atoms with Crippen molar-refractivity contribution in [3.05, 3.63) is 0 Å². The first-order valence-corrected chi connectivity index (χ1v) is 8.36. The lowest BCUT2D eigenvalue weighted by atomic mass is 9.87. The zero-order valence-electron chi connectivity index (χ0n) is 10.2. The van der Waals surface area contributed by atoms with E-state index in [0.29, 0.717) is 11.9 Å². The van der Waals surface area contributed by atoms with E-state index >= 15 is 0 Å². The number of ether oxygens (including phenoxy) is 1. The van der Waals surface area contributed by atoms with E-state index in [-0.39, 0.29) is 24.2 Å². The van der Waals surface area contributed by atoms with Crippen molar-refractivity contribution < 1.29 is 18.3 Å². The molecule has 2 aliphatic rings. The fraction of sp³-hybridized carbons (Fsp3) is 1.00. The summed E-state index contributed by atoms with van der Waals surface area (Å²) in [6.45, 7) is 0.958. The van der Waals surface area contributed by atoms with Crippen molar-refractivity contribution in [2.24, 2.45) is 11.8 Å². The smallest absolute Gasteiger partial charge is 0.150 e. The molecule has 0 amide bonds. The van der Waals surface area contributed by atoms with Gasteiger partial charge in [-0.3, -0.25) is 0 Å². The Bertz CT molecular complexity index is 332. The lowest BCUT2D eigenvalue weighted by Crippen LogP contribution is -2.21. The lowest BCUT2D eigenvalue weighted by Gasteiger charge is -2.21. The molecule has 3 atom stereocenters. The topological polar surface area (TPSA) is 63.6 Å². The zero-order valence-corrected chi connectivity index (χ0v) is 11.0. The van der Waals surface area contributed by atoms with E-state index in [1.54, 1.807) is 0 Å². The molecule has 0 aliphatic carbocycles. The van der Waals surface area contributed by atoms with Gasteiger partial charge in [0.2, 0.25) is 0 Å². The molecule has 2 saturated heterocycles. The summed E-state index contributed by atoms with van der Waals surface area (Å²) in [5.74, 6) is 0.862. The molecular formula is C12H22O4S. The molecule has 1 N–H and O–H groups in total. The van der Waals surface area contributed by atoms with E-state index in [9.17, 15) is 13.5 Å². The van der Waals surface area contributed by atoms with Crippen molar-refractivity contribution in [1.82, 2.24) is 0 Å². The fourth-order valence-corrected chi connectivity index (χ4v) is 4.86. The summed E-state index contributed by atoms with van der Waals surface area (Å²) >= 11 is 0. The van der Waals surface area contributed by atoms with Crippen LogP contribution in [-0.2, 0) is 14.6 Å². The molecule has 2 heterocycles. The minimum Gasteiger partial charge on any atom is -0.396 e. The summed E-state index contributed by atoms with van der Waals surface area (Å²) in [6, 6.07) is 0. The van der Waals surface area contributed by atoms with Gasteiger partial charge in [0, 0.05) is 13.2 Å². The molecule has 5 heteroatoms. The van der Waals surface area contributed by atoms with Crippen molar-refractivity contribution in [3.8, 4) is 0 Å². The third-order valence-electron chi connectivity index (χ3n) is 4.05. The minimum atomic E-state index is -2.83. The van der Waals surface area contributed by atoms with Crippen molar-refractivity contribution in [1.29, 1.82) is 0 Å². The van der Waals surface area contributed by atoms with Gasteiger partial charge in [-0.15, -0.1) is 0 Å². The maximum atomic E-state index is 11.4. The van der Waals surface area contributed by atoms with E-state index in [0.717, 1.165) is 38.7 Å². The Morgan fingerprint density at radius 2 is 2.18 bits per heavy atom. The Labute approximate surface area is 103 Å². The van der Waals surface area contributed by atoms with Gasteiger partial charge < -0.3 is 9.84 Å². The van der Waals surface area contributed by atoms with Gasteiger partial charge in [0.1, 0.15) is 0 Å². The molecule has 100 valence electrons. The zero-order chi connectivity index (χ0) is 12.3. The Hall–Kier alpha value is -0.130. The van der Waals surface area contributed by atoms with Crippen LogP contribution in [0, 0.1) is 11.8 Å². The Morgan fingerprint density at radius 1 is 1.35 bits per heavy atom. The van der Waals surface area contributed by atoms with Gasteiger partial charge in [0.15, 0.2) is 9.84 Å². The number of hydrogen-bond acceptors (Lipinski definition) is 4. The molecule has 0 aromatic heterocycles. The molecule has 4 nitrogen and oxygen atoms in total. The molecule has 2 aliphatic heterocycles. The summed E-state index contributed by atoms with van der Waals surface area (Å²) in [6.07, 6.45) is 5.15. The molecule has 0 saturated carbocycles. The van der Waals surface area contributed by atoms with Crippen LogP contribution in [0.2, 0.25) is 0 Å². The molecular weight excluding hydrogens is 240 g/mol. The second-order valence-corrected chi connectivity index (χ2v) is 7.55. The van der Waals surface area contributed by atoms with Gasteiger partial charge in [-0.05, 0) is 43.9 Å². The third-order valence-corrected chi connectivity index (χ3v) is 5.85. The van der Waals surface area contributed by atoms with Crippen LogP contribution in [0.3, 0.4) is 0 Å². The Kier molecular flexibility index (Phi) is 4.44. The largest absolute Gasteiger partial charge is 0.396 e. The minimum absolute atomic E-state index is 0.104. The van der Waals surface area contributed by atoms with Crippen LogP contribution < -0.4 is 0 Å². The van der Waals surface area contributed by atoms with Crippen molar-refractivity contribution in [3.63, 3.8) is 0 Å². The van der Waals surface area contributed by atoms with E-state index in [4.69, 9.17) is 4.74 Å². The molecule has 0 aromatic carbocycles. The highest BCUT2D eigenvalue weighted by molar-refractivity contribution is 7.91. The SMILES string of the molecule is O=S1(=O)CCC(C(CO)CCC2CCCO2)C1. The molecule has 0 spiro atoms. The average Bonchev–Trinajstić information content (AvgIpc) is 2.89. The van der Waals surface area contributed by atoms with Crippen molar-refractivity contribution in [2.45, 2.75) is 38.2 Å². The van der Waals surface area contributed by atoms with Gasteiger partial charge in [-0.1, -0.05) is 0 Å². The third kappa shape index (κ3) is 3.66. The second-order valence-electron chi connectivity index (χ2n) is 5.32. The summed E-state index contributed by atoms with van der Waals surface area (Å²) in [4.78, 5) is 0. The first-order chi connectivity index (χ1) is 8.11. The van der Waals surface area contributed by atoms with Crippen LogP contribution in [0.25, 0.3) is 0 Å². The Morgan fingerprint density at radius 3 is 2.71 bits per heavy atom. The summed E-state index contributed by atoms with van der Waals surface area (Å²) in [5.41, 5.74) is 0. The summed E-state index contributed by atoms with van der Waals surface area (Å²) in [7, 11) is -2.83. The molecule has 17 heavy (non-hydrogen) atoms. The molecule has 3 unspecified atom stereocenters. The number of rotatable bonds is 5. The van der Waals surface area contributed by atoms with E-state index in [1.807, 2.05) is 0 Å². The molecule has 0 aromatic rings. The first-order valence-electron chi connectivity index (χ1n) is 6.53. The number of hydrogen-bond donors (Lipinski definition) is 1. The van der Waals surface area contributed by atoms with E-state index < -0.39 is 9.84 Å². The van der Waals surface area contributed by atoms with Crippen LogP contribution in [0.5, 0.6) is 0 Å². The number of aliphatic hydroxyl groups is 1. The lowest BCUT2D eigenvalue weighted by molar-refractivity contribution is 0.0870.